The van der Waals surface area contributed by atoms with Crippen molar-refractivity contribution in [1.82, 2.24) is 19.7 Å². The Balaban J connectivity index is 2.48. The molecule has 0 aliphatic carbocycles. The second-order valence-electron chi connectivity index (χ2n) is 3.51. The minimum absolute atomic E-state index is 0.521. The Bertz CT molecular complexity index is 632. The summed E-state index contributed by atoms with van der Waals surface area (Å²) < 4.78 is 75.0. The monoisotopic (exact) mass is 316 g/mol. The maximum Gasteiger partial charge on any atom is 0.451 e. The fourth-order valence-electron chi connectivity index (χ4n) is 1.25. The van der Waals surface area contributed by atoms with Crippen molar-refractivity contribution >= 4 is 11.6 Å². The first-order valence-corrected chi connectivity index (χ1v) is 5.20. The minimum Gasteiger partial charge on any atom is -0.222 e. The van der Waals surface area contributed by atoms with Gasteiger partial charge in [-0.1, -0.05) is 11.6 Å². The largest absolute Gasteiger partial charge is 0.451 e. The van der Waals surface area contributed by atoms with Gasteiger partial charge in [0.1, 0.15) is 5.15 Å². The van der Waals surface area contributed by atoms with Crippen LogP contribution in [-0.4, -0.2) is 19.7 Å². The third-order valence-electron chi connectivity index (χ3n) is 2.05. The van der Waals surface area contributed by atoms with E-state index in [-0.39, 0.29) is 0 Å². The summed E-state index contributed by atoms with van der Waals surface area (Å²) in [6.45, 7) is 0. The zero-order valence-corrected chi connectivity index (χ0v) is 9.92. The summed E-state index contributed by atoms with van der Waals surface area (Å²) in [4.78, 5) is 6.04. The normalized spacial score (nSPS) is 12.8. The Kier molecular flexibility index (Phi) is 3.36. The summed E-state index contributed by atoms with van der Waals surface area (Å²) in [6, 6.07) is 1.47. The molecule has 2 rings (SSSR count). The van der Waals surface area contributed by atoms with E-state index in [4.69, 9.17) is 11.6 Å². The van der Waals surface area contributed by atoms with Crippen molar-refractivity contribution in [3.05, 3.63) is 35.0 Å². The molecule has 0 radical (unpaired) electrons. The molecule has 4 nitrogen and oxygen atoms in total. The highest BCUT2D eigenvalue weighted by Gasteiger charge is 2.36. The lowest BCUT2D eigenvalue weighted by atomic mass is 10.4. The Labute approximate surface area is 112 Å². The molecule has 0 spiro atoms. The molecule has 0 N–H and O–H groups in total. The van der Waals surface area contributed by atoms with E-state index in [0.29, 0.717) is 10.7 Å². The Morgan fingerprint density at radius 3 is 2.15 bits per heavy atom. The molecule has 2 aromatic heterocycles. The summed E-state index contributed by atoms with van der Waals surface area (Å²) in [6.07, 6.45) is -8.77. The summed E-state index contributed by atoms with van der Waals surface area (Å²) in [7, 11) is 0. The molecule has 0 amide bonds. The van der Waals surface area contributed by atoms with Crippen LogP contribution in [0.4, 0.5) is 26.3 Å². The van der Waals surface area contributed by atoms with E-state index in [2.05, 4.69) is 15.1 Å². The van der Waals surface area contributed by atoms with Gasteiger partial charge in [-0.15, -0.1) is 0 Å². The minimum atomic E-state index is -4.88. The van der Waals surface area contributed by atoms with Crippen LogP contribution >= 0.6 is 11.6 Å². The molecule has 0 saturated carbocycles. The highest BCUT2D eigenvalue weighted by molar-refractivity contribution is 6.29. The SMILES string of the molecule is FC(F)(F)c1ccn(-c2cc(Cl)nc(C(F)(F)F)n2)n1. The molecule has 0 bridgehead atoms. The number of rotatable bonds is 1. The molecule has 20 heavy (non-hydrogen) atoms. The van der Waals surface area contributed by atoms with Crippen molar-refractivity contribution in [3.63, 3.8) is 0 Å². The molecule has 0 aliphatic rings. The Morgan fingerprint density at radius 1 is 1.00 bits per heavy atom. The van der Waals surface area contributed by atoms with Gasteiger partial charge in [-0.3, -0.25) is 0 Å². The molecular formula is C9H3ClF6N4. The Hall–Kier alpha value is -1.84. The summed E-state index contributed by atoms with van der Waals surface area (Å²) in [5.41, 5.74) is -1.26. The molecule has 2 aromatic rings. The maximum atomic E-state index is 12.5. The van der Waals surface area contributed by atoms with Crippen LogP contribution in [0.1, 0.15) is 11.5 Å². The summed E-state index contributed by atoms with van der Waals surface area (Å²) in [5, 5.41) is 2.53. The van der Waals surface area contributed by atoms with Crippen LogP contribution in [0.5, 0.6) is 0 Å². The van der Waals surface area contributed by atoms with Crippen molar-refractivity contribution in [2.24, 2.45) is 0 Å². The molecule has 0 aliphatic heterocycles. The maximum absolute atomic E-state index is 12.5. The quantitative estimate of drug-likeness (QED) is 0.598. The molecule has 0 unspecified atom stereocenters. The van der Waals surface area contributed by atoms with Crippen molar-refractivity contribution in [3.8, 4) is 5.82 Å². The van der Waals surface area contributed by atoms with Gasteiger partial charge >= 0.3 is 12.4 Å². The number of hydrogen-bond acceptors (Lipinski definition) is 3. The number of nitrogens with zero attached hydrogens (tertiary/aromatic N) is 4. The van der Waals surface area contributed by atoms with E-state index in [0.717, 1.165) is 12.3 Å². The fourth-order valence-corrected chi connectivity index (χ4v) is 1.43. The van der Waals surface area contributed by atoms with Crippen LogP contribution < -0.4 is 0 Å². The predicted octanol–water partition coefficient (Wildman–Crippen LogP) is 3.35. The third kappa shape index (κ3) is 3.00. The van der Waals surface area contributed by atoms with E-state index in [1.54, 1.807) is 0 Å². The molecule has 0 fully saturated rings. The van der Waals surface area contributed by atoms with Gasteiger partial charge in [-0.05, 0) is 6.07 Å². The second-order valence-corrected chi connectivity index (χ2v) is 3.90. The van der Waals surface area contributed by atoms with Gasteiger partial charge in [0, 0.05) is 12.3 Å². The standard InChI is InChI=1S/C9H3ClF6N4/c10-5-3-6(18-7(17-5)9(14,15)16)20-2-1-4(19-20)8(11,12)13/h1-3H. The van der Waals surface area contributed by atoms with E-state index in [1.165, 1.54) is 0 Å². The molecule has 0 aromatic carbocycles. The van der Waals surface area contributed by atoms with Gasteiger partial charge in [0.2, 0.25) is 5.82 Å². The molecule has 108 valence electrons. The molecular weight excluding hydrogens is 314 g/mol. The molecule has 0 saturated heterocycles. The van der Waals surface area contributed by atoms with Gasteiger partial charge < -0.3 is 0 Å². The first-order chi connectivity index (χ1) is 9.07. The topological polar surface area (TPSA) is 43.6 Å². The zero-order chi connectivity index (χ0) is 15.1. The van der Waals surface area contributed by atoms with Crippen LogP contribution in [0.25, 0.3) is 5.82 Å². The van der Waals surface area contributed by atoms with Crippen molar-refractivity contribution in [1.29, 1.82) is 0 Å². The Morgan fingerprint density at radius 2 is 1.65 bits per heavy atom. The van der Waals surface area contributed by atoms with Gasteiger partial charge in [-0.25, -0.2) is 14.6 Å². The average Bonchev–Trinajstić information content (AvgIpc) is 2.75. The van der Waals surface area contributed by atoms with E-state index >= 15 is 0 Å². The number of alkyl halides is 6. The number of hydrogen-bond donors (Lipinski definition) is 0. The second kappa shape index (κ2) is 4.62. The van der Waals surface area contributed by atoms with Crippen LogP contribution in [0, 0.1) is 0 Å². The van der Waals surface area contributed by atoms with E-state index < -0.39 is 34.8 Å². The van der Waals surface area contributed by atoms with Gasteiger partial charge in [-0.2, -0.15) is 31.4 Å². The third-order valence-corrected chi connectivity index (χ3v) is 2.24. The van der Waals surface area contributed by atoms with Gasteiger partial charge in [0.15, 0.2) is 11.5 Å². The van der Waals surface area contributed by atoms with Crippen LogP contribution in [0.3, 0.4) is 0 Å². The van der Waals surface area contributed by atoms with Crippen LogP contribution in [0.2, 0.25) is 5.15 Å². The van der Waals surface area contributed by atoms with Crippen LogP contribution in [-0.2, 0) is 12.4 Å². The van der Waals surface area contributed by atoms with Gasteiger partial charge in [0.05, 0.1) is 0 Å². The van der Waals surface area contributed by atoms with Crippen molar-refractivity contribution in [2.75, 3.05) is 0 Å². The highest BCUT2D eigenvalue weighted by atomic mass is 35.5. The summed E-state index contributed by atoms with van der Waals surface area (Å²) in [5.74, 6) is -2.09. The smallest absolute Gasteiger partial charge is 0.222 e. The molecule has 2 heterocycles. The lowest BCUT2D eigenvalue weighted by Gasteiger charge is -2.07. The van der Waals surface area contributed by atoms with E-state index in [1.807, 2.05) is 0 Å². The fraction of sp³-hybridized carbons (Fsp3) is 0.222. The lowest BCUT2D eigenvalue weighted by Crippen LogP contribution is -2.14. The highest BCUT2D eigenvalue weighted by Crippen LogP contribution is 2.29. The van der Waals surface area contributed by atoms with Crippen molar-refractivity contribution in [2.45, 2.75) is 12.4 Å². The van der Waals surface area contributed by atoms with Crippen LogP contribution in [0.15, 0.2) is 18.3 Å². The van der Waals surface area contributed by atoms with Crippen molar-refractivity contribution < 1.29 is 26.3 Å². The van der Waals surface area contributed by atoms with E-state index in [9.17, 15) is 26.3 Å². The molecule has 11 heteroatoms. The number of aromatic nitrogens is 4. The first kappa shape index (κ1) is 14.6. The molecule has 0 atom stereocenters. The first-order valence-electron chi connectivity index (χ1n) is 4.82. The lowest BCUT2D eigenvalue weighted by molar-refractivity contribution is -0.145. The van der Waals surface area contributed by atoms with Gasteiger partial charge in [0.25, 0.3) is 0 Å². The average molecular weight is 317 g/mol. The predicted molar refractivity (Wildman–Crippen MR) is 54.2 cm³/mol. The number of halogens is 7. The zero-order valence-electron chi connectivity index (χ0n) is 9.17. The summed E-state index contributed by atoms with van der Waals surface area (Å²) >= 11 is 5.39.